The topological polar surface area (TPSA) is 71.5 Å². The van der Waals surface area contributed by atoms with E-state index < -0.39 is 6.10 Å². The molecule has 1 aromatic heterocycles. The van der Waals surface area contributed by atoms with Gasteiger partial charge in [0.2, 0.25) is 0 Å². The molecule has 1 unspecified atom stereocenters. The molecule has 1 amide bonds. The average molecular weight is 216 g/mol. The van der Waals surface area contributed by atoms with Crippen molar-refractivity contribution in [1.82, 2.24) is 10.3 Å². The number of aliphatic hydroxyl groups is 1. The molecule has 0 aliphatic heterocycles. The molecule has 0 aliphatic rings. The number of nitrogens with zero attached hydrogens (tertiary/aromatic N) is 1. The van der Waals surface area contributed by atoms with Crippen molar-refractivity contribution >= 4 is 17.2 Å². The molecule has 0 aliphatic carbocycles. The Hall–Kier alpha value is -0.980. The first-order valence-corrected chi connectivity index (χ1v) is 5.01. The van der Waals surface area contributed by atoms with Crippen LogP contribution < -0.4 is 5.32 Å². The van der Waals surface area contributed by atoms with Crippen molar-refractivity contribution in [2.75, 3.05) is 20.3 Å². The number of hydrogen-bond donors (Lipinski definition) is 2. The average Bonchev–Trinajstić information content (AvgIpc) is 2.67. The van der Waals surface area contributed by atoms with Gasteiger partial charge in [-0.1, -0.05) is 0 Å². The number of nitrogens with one attached hydrogen (secondary N) is 1. The Bertz CT molecular complexity index is 276. The number of aromatic nitrogens is 1. The normalized spacial score (nSPS) is 12.4. The van der Waals surface area contributed by atoms with E-state index in [2.05, 4.69) is 10.3 Å². The minimum absolute atomic E-state index is 0.171. The number of aliphatic hydroxyl groups excluding tert-OH is 1. The lowest BCUT2D eigenvalue weighted by atomic mass is 10.3. The Morgan fingerprint density at radius 2 is 2.64 bits per heavy atom. The first kappa shape index (κ1) is 11.1. The number of thiazole rings is 1. The van der Waals surface area contributed by atoms with Crippen LogP contribution in [0.2, 0.25) is 0 Å². The van der Waals surface area contributed by atoms with Crippen LogP contribution in [-0.4, -0.2) is 42.4 Å². The van der Waals surface area contributed by atoms with E-state index in [1.807, 2.05) is 0 Å². The lowest BCUT2D eigenvalue weighted by Gasteiger charge is -2.09. The fraction of sp³-hybridized carbons (Fsp3) is 0.500. The van der Waals surface area contributed by atoms with E-state index in [4.69, 9.17) is 4.74 Å². The highest BCUT2D eigenvalue weighted by molar-refractivity contribution is 7.07. The van der Waals surface area contributed by atoms with Gasteiger partial charge in [-0.2, -0.15) is 0 Å². The Labute approximate surface area is 85.7 Å². The third kappa shape index (κ3) is 3.41. The van der Waals surface area contributed by atoms with Crippen molar-refractivity contribution in [3.63, 3.8) is 0 Å². The van der Waals surface area contributed by atoms with Gasteiger partial charge in [-0.3, -0.25) is 4.79 Å². The van der Waals surface area contributed by atoms with Crippen LogP contribution in [0.5, 0.6) is 0 Å². The summed E-state index contributed by atoms with van der Waals surface area (Å²) in [5.41, 5.74) is 1.96. The molecular weight excluding hydrogens is 204 g/mol. The van der Waals surface area contributed by atoms with Gasteiger partial charge in [-0.05, 0) is 0 Å². The molecule has 6 heteroatoms. The van der Waals surface area contributed by atoms with E-state index in [-0.39, 0.29) is 19.1 Å². The van der Waals surface area contributed by atoms with Crippen molar-refractivity contribution in [3.05, 3.63) is 16.6 Å². The smallest absolute Gasteiger partial charge is 0.270 e. The van der Waals surface area contributed by atoms with Gasteiger partial charge in [0.1, 0.15) is 5.69 Å². The Balaban J connectivity index is 2.28. The van der Waals surface area contributed by atoms with Crippen LogP contribution in [0.1, 0.15) is 10.5 Å². The van der Waals surface area contributed by atoms with Gasteiger partial charge >= 0.3 is 0 Å². The molecule has 0 fully saturated rings. The Kier molecular flexibility index (Phi) is 4.51. The van der Waals surface area contributed by atoms with Gasteiger partial charge in [-0.25, -0.2) is 4.98 Å². The molecular formula is C8H12N2O3S. The summed E-state index contributed by atoms with van der Waals surface area (Å²) in [7, 11) is 1.49. The van der Waals surface area contributed by atoms with Crippen molar-refractivity contribution < 1.29 is 14.6 Å². The van der Waals surface area contributed by atoms with Crippen LogP contribution in [0.3, 0.4) is 0 Å². The fourth-order valence-corrected chi connectivity index (χ4v) is 1.41. The summed E-state index contributed by atoms with van der Waals surface area (Å²) in [5, 5.41) is 13.4. The zero-order valence-corrected chi connectivity index (χ0v) is 8.58. The number of carbonyl (C=O) groups is 1. The lowest BCUT2D eigenvalue weighted by molar-refractivity contribution is 0.0609. The van der Waals surface area contributed by atoms with E-state index >= 15 is 0 Å². The van der Waals surface area contributed by atoms with Gasteiger partial charge in [0.15, 0.2) is 0 Å². The number of amides is 1. The second-order valence-corrected chi connectivity index (χ2v) is 3.41. The molecule has 0 bridgehead atoms. The first-order valence-electron chi connectivity index (χ1n) is 4.07. The minimum Gasteiger partial charge on any atom is -0.389 e. The van der Waals surface area contributed by atoms with Crippen LogP contribution in [0.15, 0.2) is 10.9 Å². The van der Waals surface area contributed by atoms with E-state index in [0.717, 1.165) is 0 Å². The Morgan fingerprint density at radius 3 is 3.21 bits per heavy atom. The number of carbonyl (C=O) groups excluding carboxylic acids is 1. The zero-order valence-electron chi connectivity index (χ0n) is 7.77. The number of hydrogen-bond acceptors (Lipinski definition) is 5. The molecule has 5 nitrogen and oxygen atoms in total. The summed E-state index contributed by atoms with van der Waals surface area (Å²) in [4.78, 5) is 15.1. The fourth-order valence-electron chi connectivity index (χ4n) is 0.877. The van der Waals surface area contributed by atoms with Crippen molar-refractivity contribution in [1.29, 1.82) is 0 Å². The molecule has 0 saturated carbocycles. The van der Waals surface area contributed by atoms with Gasteiger partial charge < -0.3 is 15.2 Å². The largest absolute Gasteiger partial charge is 0.389 e. The zero-order chi connectivity index (χ0) is 10.4. The summed E-state index contributed by atoms with van der Waals surface area (Å²) >= 11 is 1.35. The molecule has 0 spiro atoms. The van der Waals surface area contributed by atoms with Gasteiger partial charge in [0.25, 0.3) is 5.91 Å². The second-order valence-electron chi connectivity index (χ2n) is 2.69. The van der Waals surface area contributed by atoms with E-state index in [1.54, 1.807) is 10.9 Å². The van der Waals surface area contributed by atoms with E-state index in [1.165, 1.54) is 18.4 Å². The van der Waals surface area contributed by atoms with Gasteiger partial charge in [0.05, 0.1) is 18.2 Å². The highest BCUT2D eigenvalue weighted by atomic mass is 32.1. The minimum atomic E-state index is -0.678. The summed E-state index contributed by atoms with van der Waals surface area (Å²) < 4.78 is 4.71. The highest BCUT2D eigenvalue weighted by Crippen LogP contribution is 1.99. The number of ether oxygens (including phenoxy) is 1. The second kappa shape index (κ2) is 5.69. The van der Waals surface area contributed by atoms with Crippen LogP contribution in [0.25, 0.3) is 0 Å². The number of rotatable bonds is 5. The Morgan fingerprint density at radius 1 is 1.86 bits per heavy atom. The summed E-state index contributed by atoms with van der Waals surface area (Å²) in [6, 6.07) is 0. The summed E-state index contributed by atoms with van der Waals surface area (Å²) in [5.74, 6) is -0.276. The maximum absolute atomic E-state index is 11.3. The molecule has 14 heavy (non-hydrogen) atoms. The van der Waals surface area contributed by atoms with E-state index in [9.17, 15) is 9.90 Å². The van der Waals surface area contributed by atoms with Gasteiger partial charge in [-0.15, -0.1) is 11.3 Å². The third-order valence-electron chi connectivity index (χ3n) is 1.52. The molecule has 1 atom stereocenters. The van der Waals surface area contributed by atoms with E-state index in [0.29, 0.717) is 5.69 Å². The van der Waals surface area contributed by atoms with Gasteiger partial charge in [0, 0.05) is 19.0 Å². The standard InChI is InChI=1S/C8H12N2O3S/c1-13-3-6(11)2-9-8(12)7-4-14-5-10-7/h4-6,11H,2-3H2,1H3,(H,9,12). The molecule has 2 N–H and O–H groups in total. The van der Waals surface area contributed by atoms with Crippen molar-refractivity contribution in [3.8, 4) is 0 Å². The first-order chi connectivity index (χ1) is 6.74. The summed E-state index contributed by atoms with van der Waals surface area (Å²) in [6.45, 7) is 0.377. The number of methoxy groups -OCH3 is 1. The quantitative estimate of drug-likeness (QED) is 0.720. The highest BCUT2D eigenvalue weighted by Gasteiger charge is 2.09. The molecule has 1 heterocycles. The monoisotopic (exact) mass is 216 g/mol. The molecule has 0 saturated heterocycles. The maximum Gasteiger partial charge on any atom is 0.270 e. The molecule has 0 aromatic carbocycles. The maximum atomic E-state index is 11.3. The third-order valence-corrected chi connectivity index (χ3v) is 2.11. The molecule has 1 aromatic rings. The van der Waals surface area contributed by atoms with Crippen molar-refractivity contribution in [2.24, 2.45) is 0 Å². The predicted molar refractivity (Wildman–Crippen MR) is 52.3 cm³/mol. The molecule has 1 rings (SSSR count). The SMILES string of the molecule is COCC(O)CNC(=O)c1cscn1. The van der Waals surface area contributed by atoms with Crippen LogP contribution in [0.4, 0.5) is 0 Å². The molecule has 0 radical (unpaired) electrons. The lowest BCUT2D eigenvalue weighted by Crippen LogP contribution is -2.34. The molecule has 78 valence electrons. The van der Waals surface area contributed by atoms with Crippen LogP contribution in [0, 0.1) is 0 Å². The predicted octanol–water partition coefficient (Wildman–Crippen LogP) is -0.120. The summed E-state index contributed by atoms with van der Waals surface area (Å²) in [6.07, 6.45) is -0.678. The van der Waals surface area contributed by atoms with Crippen LogP contribution in [-0.2, 0) is 4.74 Å². The van der Waals surface area contributed by atoms with Crippen molar-refractivity contribution in [2.45, 2.75) is 6.10 Å². The van der Waals surface area contributed by atoms with Crippen LogP contribution >= 0.6 is 11.3 Å².